The van der Waals surface area contributed by atoms with E-state index < -0.39 is 0 Å². The van der Waals surface area contributed by atoms with Crippen LogP contribution in [0.15, 0.2) is 29.3 Å². The highest BCUT2D eigenvalue weighted by molar-refractivity contribution is 5.88. The molecule has 0 bridgehead atoms. The lowest BCUT2D eigenvalue weighted by Crippen LogP contribution is -2.35. The van der Waals surface area contributed by atoms with Gasteiger partial charge in [0.25, 0.3) is 0 Å². The van der Waals surface area contributed by atoms with E-state index in [2.05, 4.69) is 10.3 Å². The molecule has 1 rings (SSSR count). The van der Waals surface area contributed by atoms with Gasteiger partial charge in [0.05, 0.1) is 0 Å². The second-order valence-electron chi connectivity index (χ2n) is 5.10. The fraction of sp³-hybridized carbons (Fsp3) is 0.467. The molecule has 20 heavy (non-hydrogen) atoms. The largest absolute Gasteiger partial charge is 0.349 e. The monoisotopic (exact) mass is 276 g/mol. The minimum Gasteiger partial charge on any atom is -0.349 e. The molecular weight excluding hydrogens is 252 g/mol. The number of hydrogen-bond donors (Lipinski definition) is 1. The molecule has 0 aliphatic heterocycles. The van der Waals surface area contributed by atoms with Crippen molar-refractivity contribution >= 4 is 17.6 Å². The molecule has 0 unspecified atom stereocenters. The summed E-state index contributed by atoms with van der Waals surface area (Å²) in [5.41, 5.74) is 2.03. The van der Waals surface area contributed by atoms with Crippen molar-refractivity contribution in [2.75, 3.05) is 40.1 Å². The first-order valence-corrected chi connectivity index (χ1v) is 6.65. The van der Waals surface area contributed by atoms with Crippen molar-refractivity contribution in [3.05, 3.63) is 29.8 Å². The van der Waals surface area contributed by atoms with Crippen LogP contribution < -0.4 is 5.32 Å². The average molecular weight is 276 g/mol. The third-order valence-corrected chi connectivity index (χ3v) is 2.73. The van der Waals surface area contributed by atoms with Crippen LogP contribution >= 0.6 is 0 Å². The maximum atomic E-state index is 10.9. The van der Waals surface area contributed by atoms with Crippen molar-refractivity contribution in [2.45, 2.75) is 13.3 Å². The first-order valence-electron chi connectivity index (χ1n) is 6.65. The van der Waals surface area contributed by atoms with E-state index in [0.29, 0.717) is 0 Å². The lowest BCUT2D eigenvalue weighted by molar-refractivity contribution is -0.114. The summed E-state index contributed by atoms with van der Waals surface area (Å²) in [4.78, 5) is 19.5. The van der Waals surface area contributed by atoms with Gasteiger partial charge in [-0.05, 0) is 24.1 Å². The summed E-state index contributed by atoms with van der Waals surface area (Å²) in [7, 11) is 7.95. The second kappa shape index (κ2) is 7.53. The van der Waals surface area contributed by atoms with Crippen molar-refractivity contribution in [3.8, 4) is 0 Å². The van der Waals surface area contributed by atoms with Gasteiger partial charge in [-0.1, -0.05) is 12.1 Å². The summed E-state index contributed by atoms with van der Waals surface area (Å²) in [6.07, 6.45) is 0.880. The van der Waals surface area contributed by atoms with Crippen LogP contribution in [0.2, 0.25) is 0 Å². The van der Waals surface area contributed by atoms with Crippen LogP contribution in [0.5, 0.6) is 0 Å². The average Bonchev–Trinajstić information content (AvgIpc) is 2.35. The van der Waals surface area contributed by atoms with Crippen molar-refractivity contribution in [1.29, 1.82) is 0 Å². The molecule has 0 spiro atoms. The standard InChI is InChI=1S/C15H24N4O/c1-12(20)17-14-8-6-13(7-9-14)10-11-16-15(18(2)3)19(4)5/h6-9H,10-11H2,1-5H3,(H,17,20). The molecule has 0 heterocycles. The zero-order chi connectivity index (χ0) is 15.1. The van der Waals surface area contributed by atoms with Crippen LogP contribution in [0.1, 0.15) is 12.5 Å². The van der Waals surface area contributed by atoms with Gasteiger partial charge < -0.3 is 15.1 Å². The molecule has 1 aromatic carbocycles. The number of nitrogens with zero attached hydrogens (tertiary/aromatic N) is 3. The Balaban J connectivity index is 2.57. The van der Waals surface area contributed by atoms with Gasteiger partial charge in [-0.25, -0.2) is 0 Å². The summed E-state index contributed by atoms with van der Waals surface area (Å²) in [5, 5.41) is 2.76. The second-order valence-corrected chi connectivity index (χ2v) is 5.10. The van der Waals surface area contributed by atoms with Crippen LogP contribution in [0.3, 0.4) is 0 Å². The zero-order valence-corrected chi connectivity index (χ0v) is 13.0. The number of hydrogen-bond acceptors (Lipinski definition) is 2. The number of rotatable bonds is 4. The Hall–Kier alpha value is -2.04. The van der Waals surface area contributed by atoms with E-state index in [4.69, 9.17) is 0 Å². The van der Waals surface area contributed by atoms with Gasteiger partial charge in [-0.2, -0.15) is 0 Å². The Morgan fingerprint density at radius 1 is 1.10 bits per heavy atom. The van der Waals surface area contributed by atoms with Crippen LogP contribution in [-0.2, 0) is 11.2 Å². The predicted molar refractivity (Wildman–Crippen MR) is 84.1 cm³/mol. The maximum absolute atomic E-state index is 10.9. The fourth-order valence-electron chi connectivity index (χ4n) is 1.93. The highest BCUT2D eigenvalue weighted by Crippen LogP contribution is 2.10. The Kier molecular flexibility index (Phi) is 6.03. The maximum Gasteiger partial charge on any atom is 0.221 e. The summed E-state index contributed by atoms with van der Waals surface area (Å²) in [5.74, 6) is 0.906. The van der Waals surface area contributed by atoms with Crippen molar-refractivity contribution < 1.29 is 4.79 Å². The molecule has 1 amide bonds. The third-order valence-electron chi connectivity index (χ3n) is 2.73. The molecule has 1 N–H and O–H groups in total. The highest BCUT2D eigenvalue weighted by atomic mass is 16.1. The Morgan fingerprint density at radius 3 is 2.10 bits per heavy atom. The van der Waals surface area contributed by atoms with Gasteiger partial charge >= 0.3 is 0 Å². The van der Waals surface area contributed by atoms with E-state index in [1.165, 1.54) is 12.5 Å². The number of guanidine groups is 1. The van der Waals surface area contributed by atoms with E-state index in [9.17, 15) is 4.79 Å². The SMILES string of the molecule is CC(=O)Nc1ccc(CCN=C(N(C)C)N(C)C)cc1. The Labute approximate surface area is 121 Å². The first-order chi connectivity index (χ1) is 9.40. The molecule has 0 saturated heterocycles. The lowest BCUT2D eigenvalue weighted by Gasteiger charge is -2.22. The number of aliphatic imine (C=N–C) groups is 1. The van der Waals surface area contributed by atoms with E-state index in [-0.39, 0.29) is 5.91 Å². The molecule has 0 aliphatic rings. The van der Waals surface area contributed by atoms with Gasteiger partial charge in [-0.3, -0.25) is 9.79 Å². The van der Waals surface area contributed by atoms with Crippen molar-refractivity contribution in [1.82, 2.24) is 9.80 Å². The fourth-order valence-corrected chi connectivity index (χ4v) is 1.93. The molecular formula is C15H24N4O. The molecule has 5 nitrogen and oxygen atoms in total. The number of amides is 1. The number of carbonyl (C=O) groups excluding carboxylic acids is 1. The van der Waals surface area contributed by atoms with Gasteiger partial charge in [0.2, 0.25) is 5.91 Å². The molecule has 0 radical (unpaired) electrons. The highest BCUT2D eigenvalue weighted by Gasteiger charge is 2.03. The quantitative estimate of drug-likeness (QED) is 0.672. The van der Waals surface area contributed by atoms with Crippen LogP contribution in [0.25, 0.3) is 0 Å². The van der Waals surface area contributed by atoms with Crippen LogP contribution in [-0.4, -0.2) is 56.4 Å². The minimum absolute atomic E-state index is 0.0519. The number of nitrogens with one attached hydrogen (secondary N) is 1. The van der Waals surface area contributed by atoms with Gasteiger partial charge in [-0.15, -0.1) is 0 Å². The van der Waals surface area contributed by atoms with Gasteiger partial charge in [0.15, 0.2) is 5.96 Å². The molecule has 0 atom stereocenters. The van der Waals surface area contributed by atoms with E-state index in [1.807, 2.05) is 62.3 Å². The van der Waals surface area contributed by atoms with Crippen LogP contribution in [0, 0.1) is 0 Å². The third kappa shape index (κ3) is 5.30. The Morgan fingerprint density at radius 2 is 1.65 bits per heavy atom. The van der Waals surface area contributed by atoms with E-state index in [1.54, 1.807) is 0 Å². The smallest absolute Gasteiger partial charge is 0.221 e. The summed E-state index contributed by atoms with van der Waals surface area (Å²) in [6.45, 7) is 2.25. The lowest BCUT2D eigenvalue weighted by atomic mass is 10.1. The summed E-state index contributed by atoms with van der Waals surface area (Å²) < 4.78 is 0. The molecule has 0 aliphatic carbocycles. The molecule has 110 valence electrons. The number of carbonyl (C=O) groups is 1. The summed E-state index contributed by atoms with van der Waals surface area (Å²) >= 11 is 0. The number of anilines is 1. The van der Waals surface area contributed by atoms with E-state index in [0.717, 1.165) is 24.6 Å². The normalized spacial score (nSPS) is 9.85. The molecule has 1 aromatic rings. The van der Waals surface area contributed by atoms with Gasteiger partial charge in [0, 0.05) is 47.3 Å². The van der Waals surface area contributed by atoms with Gasteiger partial charge in [0.1, 0.15) is 0 Å². The Bertz CT molecular complexity index is 453. The molecule has 0 aromatic heterocycles. The van der Waals surface area contributed by atoms with E-state index >= 15 is 0 Å². The zero-order valence-electron chi connectivity index (χ0n) is 13.0. The van der Waals surface area contributed by atoms with Crippen molar-refractivity contribution in [3.63, 3.8) is 0 Å². The van der Waals surface area contributed by atoms with Crippen LogP contribution in [0.4, 0.5) is 5.69 Å². The molecule has 0 saturated carbocycles. The minimum atomic E-state index is -0.0519. The molecule has 5 heteroatoms. The topological polar surface area (TPSA) is 47.9 Å². The van der Waals surface area contributed by atoms with Crippen molar-refractivity contribution in [2.24, 2.45) is 4.99 Å². The number of benzene rings is 1. The predicted octanol–water partition coefficient (Wildman–Crippen LogP) is 1.67. The molecule has 0 fully saturated rings. The summed E-state index contributed by atoms with van der Waals surface area (Å²) in [6, 6.07) is 7.87. The first kappa shape index (κ1) is 16.0.